The van der Waals surface area contributed by atoms with Crippen LogP contribution in [0.4, 0.5) is 0 Å². The number of rotatable bonds is 6. The van der Waals surface area contributed by atoms with Gasteiger partial charge in [0.15, 0.2) is 0 Å². The first-order valence-electron chi connectivity index (χ1n) is 8.80. The fourth-order valence-electron chi connectivity index (χ4n) is 3.99. The van der Waals surface area contributed by atoms with Gasteiger partial charge in [-0.05, 0) is 25.7 Å². The molecule has 2 saturated carbocycles. The zero-order chi connectivity index (χ0) is 15.1. The molecule has 0 radical (unpaired) electrons. The zero-order valence-corrected chi connectivity index (χ0v) is 13.6. The van der Waals surface area contributed by atoms with Crippen LogP contribution >= 0.6 is 0 Å². The van der Waals surface area contributed by atoms with Gasteiger partial charge in [0.05, 0.1) is 12.5 Å². The Morgan fingerprint density at radius 2 is 1.52 bits per heavy atom. The number of hydrogen-bond acceptors (Lipinski definition) is 3. The lowest BCUT2D eigenvalue weighted by Gasteiger charge is -2.42. The summed E-state index contributed by atoms with van der Waals surface area (Å²) in [5.41, 5.74) is 5.69. The van der Waals surface area contributed by atoms with Gasteiger partial charge in [-0.3, -0.25) is 4.79 Å². The van der Waals surface area contributed by atoms with E-state index in [2.05, 4.69) is 4.90 Å². The van der Waals surface area contributed by atoms with E-state index in [-0.39, 0.29) is 12.0 Å². The van der Waals surface area contributed by atoms with Gasteiger partial charge in [0.1, 0.15) is 0 Å². The Hall–Kier alpha value is -0.610. The lowest BCUT2D eigenvalue weighted by atomic mass is 9.88. The molecule has 1 unspecified atom stereocenters. The SMILES string of the molecule is COC(CN)CC(=O)N(C1CCCCC1)C1CCCCC1. The molecule has 2 aliphatic carbocycles. The van der Waals surface area contributed by atoms with E-state index in [0.717, 1.165) is 0 Å². The molecule has 2 aliphatic rings. The molecular weight excluding hydrogens is 264 g/mol. The Labute approximate surface area is 129 Å². The van der Waals surface area contributed by atoms with Crippen molar-refractivity contribution >= 4 is 5.91 Å². The van der Waals surface area contributed by atoms with Gasteiger partial charge in [-0.2, -0.15) is 0 Å². The van der Waals surface area contributed by atoms with Gasteiger partial charge in [-0.1, -0.05) is 38.5 Å². The average Bonchev–Trinajstić information content (AvgIpc) is 2.55. The minimum Gasteiger partial charge on any atom is -0.380 e. The molecule has 4 nitrogen and oxygen atoms in total. The molecule has 122 valence electrons. The molecule has 1 atom stereocenters. The maximum Gasteiger partial charge on any atom is 0.225 e. The number of nitrogens with two attached hydrogens (primary N) is 1. The van der Waals surface area contributed by atoms with Crippen LogP contribution in [0, 0.1) is 0 Å². The largest absolute Gasteiger partial charge is 0.380 e. The molecule has 0 aliphatic heterocycles. The lowest BCUT2D eigenvalue weighted by molar-refractivity contribution is -0.140. The molecule has 0 spiro atoms. The van der Waals surface area contributed by atoms with Crippen molar-refractivity contribution in [3.05, 3.63) is 0 Å². The summed E-state index contributed by atoms with van der Waals surface area (Å²) in [5, 5.41) is 0. The number of carbonyl (C=O) groups excluding carboxylic acids is 1. The zero-order valence-electron chi connectivity index (χ0n) is 13.6. The van der Waals surface area contributed by atoms with Crippen LogP contribution in [-0.2, 0) is 9.53 Å². The summed E-state index contributed by atoms with van der Waals surface area (Å²) in [6.07, 6.45) is 12.8. The third kappa shape index (κ3) is 4.68. The summed E-state index contributed by atoms with van der Waals surface area (Å²) in [4.78, 5) is 15.1. The fourth-order valence-corrected chi connectivity index (χ4v) is 3.99. The summed E-state index contributed by atoms with van der Waals surface area (Å²) >= 11 is 0. The van der Waals surface area contributed by atoms with Crippen LogP contribution in [0.15, 0.2) is 0 Å². The second-order valence-electron chi connectivity index (χ2n) is 6.68. The molecular formula is C17H32N2O2. The minimum atomic E-state index is -0.132. The monoisotopic (exact) mass is 296 g/mol. The summed E-state index contributed by atoms with van der Waals surface area (Å²) < 4.78 is 5.32. The van der Waals surface area contributed by atoms with Crippen molar-refractivity contribution in [2.45, 2.75) is 88.8 Å². The predicted molar refractivity (Wildman–Crippen MR) is 85.1 cm³/mol. The molecule has 0 aromatic rings. The summed E-state index contributed by atoms with van der Waals surface area (Å²) in [6.45, 7) is 0.422. The van der Waals surface area contributed by atoms with Gasteiger partial charge in [0.25, 0.3) is 0 Å². The van der Waals surface area contributed by atoms with E-state index >= 15 is 0 Å². The summed E-state index contributed by atoms with van der Waals surface area (Å²) in [5.74, 6) is 0.270. The first-order chi connectivity index (χ1) is 10.3. The van der Waals surface area contributed by atoms with Crippen LogP contribution in [0.3, 0.4) is 0 Å². The topological polar surface area (TPSA) is 55.6 Å². The Bertz CT molecular complexity index is 288. The van der Waals surface area contributed by atoms with Gasteiger partial charge in [-0.15, -0.1) is 0 Å². The smallest absolute Gasteiger partial charge is 0.225 e. The van der Waals surface area contributed by atoms with Crippen molar-refractivity contribution in [1.29, 1.82) is 0 Å². The third-order valence-electron chi connectivity index (χ3n) is 5.22. The first kappa shape index (κ1) is 16.8. The standard InChI is InChI=1S/C17H32N2O2/c1-21-16(13-18)12-17(20)19(14-8-4-2-5-9-14)15-10-6-3-7-11-15/h14-16H,2-13,18H2,1H3. The Kier molecular flexibility index (Phi) is 6.97. The molecule has 2 N–H and O–H groups in total. The van der Waals surface area contributed by atoms with E-state index in [9.17, 15) is 4.79 Å². The fraction of sp³-hybridized carbons (Fsp3) is 0.941. The molecule has 0 bridgehead atoms. The molecule has 2 fully saturated rings. The van der Waals surface area contributed by atoms with Gasteiger partial charge in [0, 0.05) is 25.7 Å². The maximum atomic E-state index is 12.9. The van der Waals surface area contributed by atoms with E-state index < -0.39 is 0 Å². The van der Waals surface area contributed by atoms with E-state index in [1.165, 1.54) is 64.2 Å². The molecule has 0 aromatic heterocycles. The number of hydrogen-bond donors (Lipinski definition) is 1. The molecule has 0 saturated heterocycles. The Balaban J connectivity index is 2.04. The molecule has 0 heterocycles. The van der Waals surface area contributed by atoms with Crippen molar-refractivity contribution in [2.24, 2.45) is 5.73 Å². The number of ether oxygens (including phenoxy) is 1. The van der Waals surface area contributed by atoms with Crippen LogP contribution in [-0.4, -0.2) is 42.6 Å². The molecule has 2 rings (SSSR count). The first-order valence-corrected chi connectivity index (χ1v) is 8.80. The van der Waals surface area contributed by atoms with Gasteiger partial charge < -0.3 is 15.4 Å². The maximum absolute atomic E-state index is 12.9. The highest BCUT2D eigenvalue weighted by atomic mass is 16.5. The van der Waals surface area contributed by atoms with Crippen LogP contribution in [0.2, 0.25) is 0 Å². The summed E-state index contributed by atoms with van der Waals surface area (Å²) in [7, 11) is 1.65. The van der Waals surface area contributed by atoms with Gasteiger partial charge in [0.2, 0.25) is 5.91 Å². The highest BCUT2D eigenvalue weighted by molar-refractivity contribution is 5.77. The second kappa shape index (κ2) is 8.74. The van der Waals surface area contributed by atoms with Crippen molar-refractivity contribution in [2.75, 3.05) is 13.7 Å². The number of methoxy groups -OCH3 is 1. The summed E-state index contributed by atoms with van der Waals surface area (Å²) in [6, 6.07) is 0.925. The normalized spacial score (nSPS) is 23.0. The lowest BCUT2D eigenvalue weighted by Crippen LogP contribution is -2.50. The van der Waals surface area contributed by atoms with Crippen LogP contribution in [0.5, 0.6) is 0 Å². The van der Waals surface area contributed by atoms with Crippen LogP contribution in [0.1, 0.15) is 70.6 Å². The Morgan fingerprint density at radius 3 is 1.90 bits per heavy atom. The second-order valence-corrected chi connectivity index (χ2v) is 6.68. The van der Waals surface area contributed by atoms with E-state index in [1.54, 1.807) is 7.11 Å². The molecule has 21 heavy (non-hydrogen) atoms. The highest BCUT2D eigenvalue weighted by Crippen LogP contribution is 2.30. The van der Waals surface area contributed by atoms with Gasteiger partial charge >= 0.3 is 0 Å². The van der Waals surface area contributed by atoms with E-state index in [1.807, 2.05) is 0 Å². The molecule has 1 amide bonds. The van der Waals surface area contributed by atoms with Gasteiger partial charge in [-0.25, -0.2) is 0 Å². The third-order valence-corrected chi connectivity index (χ3v) is 5.22. The molecule has 0 aromatic carbocycles. The molecule has 4 heteroatoms. The van der Waals surface area contributed by atoms with Crippen molar-refractivity contribution < 1.29 is 9.53 Å². The van der Waals surface area contributed by atoms with Crippen molar-refractivity contribution in [3.63, 3.8) is 0 Å². The van der Waals surface area contributed by atoms with Crippen LogP contribution in [0.25, 0.3) is 0 Å². The average molecular weight is 296 g/mol. The minimum absolute atomic E-state index is 0.132. The Morgan fingerprint density at radius 1 is 1.05 bits per heavy atom. The van der Waals surface area contributed by atoms with Crippen LogP contribution < -0.4 is 5.73 Å². The van der Waals surface area contributed by atoms with E-state index in [4.69, 9.17) is 10.5 Å². The number of carbonyl (C=O) groups is 1. The number of nitrogens with zero attached hydrogens (tertiary/aromatic N) is 1. The van der Waals surface area contributed by atoms with Crippen molar-refractivity contribution in [1.82, 2.24) is 4.90 Å². The van der Waals surface area contributed by atoms with Crippen molar-refractivity contribution in [3.8, 4) is 0 Å². The predicted octanol–water partition coefficient (Wildman–Crippen LogP) is 2.84. The number of amides is 1. The quantitative estimate of drug-likeness (QED) is 0.820. The highest BCUT2D eigenvalue weighted by Gasteiger charge is 2.33. The van der Waals surface area contributed by atoms with E-state index in [0.29, 0.717) is 25.0 Å².